The highest BCUT2D eigenvalue weighted by atomic mass is 16.5. The minimum atomic E-state index is -0.309. The minimum absolute atomic E-state index is 0.282. The van der Waals surface area contributed by atoms with E-state index in [1.165, 1.54) is 0 Å². The molecule has 0 unspecified atom stereocenters. The molecule has 1 aromatic carbocycles. The van der Waals surface area contributed by atoms with E-state index in [2.05, 4.69) is 20.6 Å². The topological polar surface area (TPSA) is 99.0 Å². The van der Waals surface area contributed by atoms with E-state index in [9.17, 15) is 4.79 Å². The molecule has 4 aromatic heterocycles. The molecule has 0 saturated heterocycles. The Bertz CT molecular complexity index is 1320. The van der Waals surface area contributed by atoms with Crippen molar-refractivity contribution in [1.82, 2.24) is 19.9 Å². The zero-order valence-corrected chi connectivity index (χ0v) is 16.1. The molecule has 0 saturated carbocycles. The zero-order valence-electron chi connectivity index (χ0n) is 16.1. The lowest BCUT2D eigenvalue weighted by atomic mass is 10.1. The molecule has 148 valence electrons. The smallest absolute Gasteiger partial charge is 0.259 e. The maximum absolute atomic E-state index is 13.2. The van der Waals surface area contributed by atoms with Crippen molar-refractivity contribution in [1.29, 1.82) is 0 Å². The minimum Gasteiger partial charge on any atom is -0.463 e. The van der Waals surface area contributed by atoms with Crippen LogP contribution in [0, 0.1) is 6.92 Å². The molecule has 0 aliphatic rings. The van der Waals surface area contributed by atoms with Crippen LogP contribution in [-0.4, -0.2) is 25.8 Å². The van der Waals surface area contributed by atoms with Gasteiger partial charge in [-0.15, -0.1) is 0 Å². The molecule has 30 heavy (non-hydrogen) atoms. The Labute approximate surface area is 171 Å². The van der Waals surface area contributed by atoms with Crippen molar-refractivity contribution >= 4 is 22.8 Å². The summed E-state index contributed by atoms with van der Waals surface area (Å²) in [5.41, 5.74) is 2.85. The summed E-state index contributed by atoms with van der Waals surface area (Å²) >= 11 is 0. The van der Waals surface area contributed by atoms with Gasteiger partial charge in [-0.3, -0.25) is 4.79 Å². The summed E-state index contributed by atoms with van der Waals surface area (Å²) in [6.07, 6.45) is 3.20. The molecule has 1 amide bonds. The number of furan rings is 1. The Morgan fingerprint density at radius 2 is 2.00 bits per heavy atom. The summed E-state index contributed by atoms with van der Waals surface area (Å²) < 4.78 is 12.5. The lowest BCUT2D eigenvalue weighted by Gasteiger charge is -2.10. The number of fused-ring (bicyclic) bond motifs is 1. The van der Waals surface area contributed by atoms with Crippen molar-refractivity contribution in [3.63, 3.8) is 0 Å². The summed E-state index contributed by atoms with van der Waals surface area (Å²) in [6.45, 7) is 2.32. The lowest BCUT2D eigenvalue weighted by molar-refractivity contribution is 0.102. The maximum atomic E-state index is 13.2. The first-order valence-electron chi connectivity index (χ1n) is 9.37. The van der Waals surface area contributed by atoms with Gasteiger partial charge in [-0.05, 0) is 30.7 Å². The van der Waals surface area contributed by atoms with Crippen molar-refractivity contribution in [3.8, 4) is 11.5 Å². The van der Waals surface area contributed by atoms with Gasteiger partial charge in [0.1, 0.15) is 11.5 Å². The van der Waals surface area contributed by atoms with Gasteiger partial charge < -0.3 is 14.3 Å². The highest BCUT2D eigenvalue weighted by Crippen LogP contribution is 2.28. The number of rotatable bonds is 5. The fourth-order valence-electron chi connectivity index (χ4n) is 3.33. The van der Waals surface area contributed by atoms with Crippen molar-refractivity contribution < 1.29 is 13.7 Å². The Hall–Kier alpha value is -4.20. The third-order valence-corrected chi connectivity index (χ3v) is 4.77. The molecule has 0 fully saturated rings. The van der Waals surface area contributed by atoms with Gasteiger partial charge in [-0.1, -0.05) is 35.5 Å². The Morgan fingerprint density at radius 1 is 1.13 bits per heavy atom. The van der Waals surface area contributed by atoms with E-state index in [1.807, 2.05) is 30.3 Å². The van der Waals surface area contributed by atoms with E-state index in [0.29, 0.717) is 40.5 Å². The number of hydrogen-bond acceptors (Lipinski definition) is 6. The molecule has 0 aliphatic carbocycles. The first kappa shape index (κ1) is 17.9. The number of anilines is 1. The second-order valence-corrected chi connectivity index (χ2v) is 6.79. The van der Waals surface area contributed by atoms with Crippen molar-refractivity contribution in [2.45, 2.75) is 13.5 Å². The van der Waals surface area contributed by atoms with E-state index in [-0.39, 0.29) is 11.6 Å². The molecule has 8 heteroatoms. The molecular weight excluding hydrogens is 382 g/mol. The first-order valence-corrected chi connectivity index (χ1v) is 9.37. The second kappa shape index (κ2) is 7.32. The highest BCUT2D eigenvalue weighted by Gasteiger charge is 2.21. The number of benzene rings is 1. The molecule has 0 atom stereocenters. The average molecular weight is 399 g/mol. The van der Waals surface area contributed by atoms with Gasteiger partial charge in [0.15, 0.2) is 5.76 Å². The molecule has 1 N–H and O–H groups in total. The normalized spacial score (nSPS) is 11.1. The van der Waals surface area contributed by atoms with Crippen LogP contribution in [0.3, 0.4) is 0 Å². The Morgan fingerprint density at radius 3 is 2.80 bits per heavy atom. The number of carbonyl (C=O) groups is 1. The number of hydrogen-bond donors (Lipinski definition) is 1. The third kappa shape index (κ3) is 3.24. The van der Waals surface area contributed by atoms with E-state index in [0.717, 1.165) is 5.56 Å². The third-order valence-electron chi connectivity index (χ3n) is 4.77. The second-order valence-electron chi connectivity index (χ2n) is 6.79. The van der Waals surface area contributed by atoms with Gasteiger partial charge in [0.25, 0.3) is 11.6 Å². The van der Waals surface area contributed by atoms with E-state index in [1.54, 1.807) is 48.3 Å². The number of nitrogens with zero attached hydrogens (tertiary/aromatic N) is 4. The SMILES string of the molecule is Cc1noc2nc(-c3ccco3)cc(C(=O)Nc3ccnn3Cc3ccccc3)c12. The van der Waals surface area contributed by atoms with E-state index in [4.69, 9.17) is 8.94 Å². The van der Waals surface area contributed by atoms with Gasteiger partial charge >= 0.3 is 0 Å². The number of amides is 1. The molecule has 5 rings (SSSR count). The van der Waals surface area contributed by atoms with Gasteiger partial charge in [0, 0.05) is 6.07 Å². The molecule has 4 heterocycles. The molecule has 0 radical (unpaired) electrons. The van der Waals surface area contributed by atoms with Crippen molar-refractivity contribution in [2.75, 3.05) is 5.32 Å². The monoisotopic (exact) mass is 399 g/mol. The van der Waals surface area contributed by atoms with Crippen LogP contribution in [0.1, 0.15) is 21.6 Å². The van der Waals surface area contributed by atoms with Crippen molar-refractivity contribution in [3.05, 3.63) is 83.9 Å². The fraction of sp³-hybridized carbons (Fsp3) is 0.0909. The van der Waals surface area contributed by atoms with Gasteiger partial charge in [0.2, 0.25) is 0 Å². The zero-order chi connectivity index (χ0) is 20.5. The quantitative estimate of drug-likeness (QED) is 0.473. The van der Waals surface area contributed by atoms with Crippen LogP contribution in [0.5, 0.6) is 0 Å². The number of nitrogens with one attached hydrogen (secondary N) is 1. The fourth-order valence-corrected chi connectivity index (χ4v) is 3.33. The van der Waals surface area contributed by atoms with Crippen LogP contribution in [0.25, 0.3) is 22.6 Å². The first-order chi connectivity index (χ1) is 14.7. The number of aryl methyl sites for hydroxylation is 1. The largest absolute Gasteiger partial charge is 0.463 e. The summed E-state index contributed by atoms with van der Waals surface area (Å²) in [5, 5.41) is 11.8. The maximum Gasteiger partial charge on any atom is 0.259 e. The summed E-state index contributed by atoms with van der Waals surface area (Å²) in [7, 11) is 0. The number of carbonyl (C=O) groups excluding carboxylic acids is 1. The predicted molar refractivity (Wildman–Crippen MR) is 110 cm³/mol. The predicted octanol–water partition coefficient (Wildman–Crippen LogP) is 4.29. The standard InChI is InChI=1S/C22H17N5O3/c1-14-20-16(12-17(18-8-5-11-29-18)24-22(20)30-26-14)21(28)25-19-9-10-23-27(19)13-15-6-3-2-4-7-15/h2-12H,13H2,1H3,(H,25,28). The van der Waals surface area contributed by atoms with Crippen LogP contribution in [-0.2, 0) is 6.54 Å². The summed E-state index contributed by atoms with van der Waals surface area (Å²) in [4.78, 5) is 17.7. The van der Waals surface area contributed by atoms with Gasteiger partial charge in [0.05, 0.1) is 35.6 Å². The van der Waals surface area contributed by atoms with E-state index < -0.39 is 0 Å². The van der Waals surface area contributed by atoms with Crippen LogP contribution < -0.4 is 5.32 Å². The van der Waals surface area contributed by atoms with E-state index >= 15 is 0 Å². The lowest BCUT2D eigenvalue weighted by Crippen LogP contribution is -2.17. The van der Waals surface area contributed by atoms with Crippen LogP contribution >= 0.6 is 0 Å². The molecule has 0 aliphatic heterocycles. The van der Waals surface area contributed by atoms with Crippen LogP contribution in [0.2, 0.25) is 0 Å². The molecule has 0 bridgehead atoms. The Kier molecular flexibility index (Phi) is 4.36. The highest BCUT2D eigenvalue weighted by molar-refractivity contribution is 6.12. The van der Waals surface area contributed by atoms with Gasteiger partial charge in [-0.2, -0.15) is 5.10 Å². The van der Waals surface area contributed by atoms with Gasteiger partial charge in [-0.25, -0.2) is 9.67 Å². The number of aromatic nitrogens is 4. The van der Waals surface area contributed by atoms with Crippen LogP contribution in [0.4, 0.5) is 5.82 Å². The molecule has 8 nitrogen and oxygen atoms in total. The average Bonchev–Trinajstić information content (AvgIpc) is 3.51. The molecule has 5 aromatic rings. The number of pyridine rings is 1. The Balaban J connectivity index is 1.50. The summed E-state index contributed by atoms with van der Waals surface area (Å²) in [5.74, 6) is 0.813. The summed E-state index contributed by atoms with van der Waals surface area (Å²) in [6, 6.07) is 16.9. The van der Waals surface area contributed by atoms with Crippen molar-refractivity contribution in [2.24, 2.45) is 0 Å². The van der Waals surface area contributed by atoms with Crippen LogP contribution in [0.15, 0.2) is 76.0 Å². The molecular formula is C22H17N5O3. The molecule has 0 spiro atoms.